The number of hydrogen-bond donors (Lipinski definition) is 3. The van der Waals surface area contributed by atoms with Crippen LogP contribution in [0.25, 0.3) is 0 Å². The van der Waals surface area contributed by atoms with Gasteiger partial charge in [-0.2, -0.15) is 0 Å². The minimum atomic E-state index is -3.60. The number of carboxylic acids is 1. The topological polar surface area (TPSA) is 109 Å². The number of furan rings is 1. The Hall–Kier alpha value is -2.32. The first-order valence-corrected chi connectivity index (χ1v) is 7.50. The van der Waals surface area contributed by atoms with E-state index in [0.29, 0.717) is 11.4 Å². The Labute approximate surface area is 121 Å². The molecule has 0 aliphatic rings. The first kappa shape index (κ1) is 15.1. The molecule has 0 aliphatic heterocycles. The normalized spacial score (nSPS) is 11.3. The van der Waals surface area contributed by atoms with Crippen molar-refractivity contribution in [3.8, 4) is 0 Å². The van der Waals surface area contributed by atoms with Gasteiger partial charge in [0, 0.05) is 5.69 Å². The SMILES string of the molecule is CNS(=O)(=O)c1ccc(CNc2cccc(C(=O)O)c2)o1. The Morgan fingerprint density at radius 3 is 2.71 bits per heavy atom. The summed E-state index contributed by atoms with van der Waals surface area (Å²) in [6.07, 6.45) is 0. The molecule has 0 amide bonds. The second-order valence-corrected chi connectivity index (χ2v) is 5.99. The van der Waals surface area contributed by atoms with Crippen molar-refractivity contribution < 1.29 is 22.7 Å². The molecule has 0 aliphatic carbocycles. The highest BCUT2D eigenvalue weighted by Crippen LogP contribution is 2.16. The predicted octanol–water partition coefficient (Wildman–Crippen LogP) is 1.50. The van der Waals surface area contributed by atoms with Crippen molar-refractivity contribution in [1.29, 1.82) is 0 Å². The average molecular weight is 310 g/mol. The van der Waals surface area contributed by atoms with E-state index in [9.17, 15) is 13.2 Å². The summed E-state index contributed by atoms with van der Waals surface area (Å²) in [5, 5.41) is 11.7. The lowest BCUT2D eigenvalue weighted by Crippen LogP contribution is -2.17. The largest absolute Gasteiger partial charge is 0.478 e. The standard InChI is InChI=1S/C13H14N2O5S/c1-14-21(18,19)12-6-5-11(20-12)8-15-10-4-2-3-9(7-10)13(16)17/h2-7,14-15H,8H2,1H3,(H,16,17). The molecule has 7 nitrogen and oxygen atoms in total. The molecule has 0 spiro atoms. The monoisotopic (exact) mass is 310 g/mol. The lowest BCUT2D eigenvalue weighted by atomic mass is 10.2. The third-order valence-corrected chi connectivity index (χ3v) is 4.03. The molecule has 1 aromatic carbocycles. The van der Waals surface area contributed by atoms with Gasteiger partial charge in [0.05, 0.1) is 12.1 Å². The van der Waals surface area contributed by atoms with Gasteiger partial charge >= 0.3 is 5.97 Å². The minimum absolute atomic E-state index is 0.165. The van der Waals surface area contributed by atoms with E-state index in [1.165, 1.54) is 31.3 Å². The molecular weight excluding hydrogens is 296 g/mol. The number of carbonyl (C=O) groups is 1. The molecule has 21 heavy (non-hydrogen) atoms. The van der Waals surface area contributed by atoms with E-state index in [1.807, 2.05) is 0 Å². The van der Waals surface area contributed by atoms with Crippen LogP contribution in [0, 0.1) is 0 Å². The average Bonchev–Trinajstić information content (AvgIpc) is 2.95. The van der Waals surface area contributed by atoms with Crippen molar-refractivity contribution in [2.24, 2.45) is 0 Å². The Bertz CT molecular complexity index is 751. The van der Waals surface area contributed by atoms with Crippen molar-refractivity contribution in [2.45, 2.75) is 11.6 Å². The van der Waals surface area contributed by atoms with Crippen molar-refractivity contribution in [3.05, 3.63) is 47.7 Å². The molecule has 2 rings (SSSR count). The maximum atomic E-state index is 11.5. The fraction of sp³-hybridized carbons (Fsp3) is 0.154. The third-order valence-electron chi connectivity index (χ3n) is 2.75. The third kappa shape index (κ3) is 3.61. The van der Waals surface area contributed by atoms with E-state index < -0.39 is 16.0 Å². The Balaban J connectivity index is 2.07. The summed E-state index contributed by atoms with van der Waals surface area (Å²) >= 11 is 0. The molecule has 0 bridgehead atoms. The quantitative estimate of drug-likeness (QED) is 0.746. The Morgan fingerprint density at radius 2 is 2.05 bits per heavy atom. The maximum absolute atomic E-state index is 11.5. The van der Waals surface area contributed by atoms with Gasteiger partial charge in [-0.15, -0.1) is 0 Å². The van der Waals surface area contributed by atoms with Crippen LogP contribution in [0.15, 0.2) is 45.9 Å². The van der Waals surface area contributed by atoms with E-state index >= 15 is 0 Å². The van der Waals surface area contributed by atoms with Crippen molar-refractivity contribution >= 4 is 21.7 Å². The zero-order valence-electron chi connectivity index (χ0n) is 11.2. The highest BCUT2D eigenvalue weighted by Gasteiger charge is 2.16. The molecule has 0 atom stereocenters. The van der Waals surface area contributed by atoms with E-state index in [4.69, 9.17) is 9.52 Å². The summed E-state index contributed by atoms with van der Waals surface area (Å²) in [6, 6.07) is 9.19. The molecule has 0 radical (unpaired) electrons. The summed E-state index contributed by atoms with van der Waals surface area (Å²) in [4.78, 5) is 10.9. The Kier molecular flexibility index (Phi) is 4.29. The summed E-state index contributed by atoms with van der Waals surface area (Å²) in [5.41, 5.74) is 0.766. The van der Waals surface area contributed by atoms with Gasteiger partial charge in [-0.05, 0) is 37.4 Å². The zero-order valence-corrected chi connectivity index (χ0v) is 12.0. The van der Waals surface area contributed by atoms with Gasteiger partial charge in [-0.25, -0.2) is 17.9 Å². The molecule has 3 N–H and O–H groups in total. The summed E-state index contributed by atoms with van der Waals surface area (Å²) in [7, 11) is -2.30. The number of carboxylic acid groups (broad SMARTS) is 1. The fourth-order valence-electron chi connectivity index (χ4n) is 1.65. The first-order chi connectivity index (χ1) is 9.92. The highest BCUT2D eigenvalue weighted by atomic mass is 32.2. The van der Waals surface area contributed by atoms with Gasteiger partial charge < -0.3 is 14.8 Å². The lowest BCUT2D eigenvalue weighted by molar-refractivity contribution is 0.0697. The highest BCUT2D eigenvalue weighted by molar-refractivity contribution is 7.89. The second-order valence-electron chi connectivity index (χ2n) is 4.17. The molecule has 112 valence electrons. The number of nitrogens with one attached hydrogen (secondary N) is 2. The van der Waals surface area contributed by atoms with Crippen LogP contribution in [0.1, 0.15) is 16.1 Å². The summed E-state index contributed by atoms with van der Waals surface area (Å²) in [5.74, 6) is -0.594. The predicted molar refractivity (Wildman–Crippen MR) is 75.7 cm³/mol. The van der Waals surface area contributed by atoms with Crippen LogP contribution in [0.3, 0.4) is 0 Å². The van der Waals surface area contributed by atoms with Crippen LogP contribution in [0.4, 0.5) is 5.69 Å². The van der Waals surface area contributed by atoms with Gasteiger partial charge in [-0.3, -0.25) is 0 Å². The minimum Gasteiger partial charge on any atom is -0.478 e. The van der Waals surface area contributed by atoms with Crippen LogP contribution in [0.2, 0.25) is 0 Å². The van der Waals surface area contributed by atoms with Crippen LogP contribution in [-0.4, -0.2) is 26.5 Å². The molecule has 0 saturated carbocycles. The number of hydrogen-bond acceptors (Lipinski definition) is 5. The van der Waals surface area contributed by atoms with E-state index in [0.717, 1.165) is 0 Å². The molecular formula is C13H14N2O5S. The molecule has 0 saturated heterocycles. The van der Waals surface area contributed by atoms with Crippen molar-refractivity contribution in [2.75, 3.05) is 12.4 Å². The van der Waals surface area contributed by atoms with Gasteiger partial charge in [0.1, 0.15) is 5.76 Å². The molecule has 1 heterocycles. The fourth-order valence-corrected chi connectivity index (χ4v) is 2.31. The van der Waals surface area contributed by atoms with Gasteiger partial charge in [0.15, 0.2) is 0 Å². The maximum Gasteiger partial charge on any atom is 0.335 e. The van der Waals surface area contributed by atoms with Crippen LogP contribution in [0.5, 0.6) is 0 Å². The van der Waals surface area contributed by atoms with Gasteiger partial charge in [0.2, 0.25) is 5.09 Å². The molecule has 1 aromatic heterocycles. The number of aromatic carboxylic acids is 1. The number of rotatable bonds is 6. The van der Waals surface area contributed by atoms with Crippen LogP contribution >= 0.6 is 0 Å². The Morgan fingerprint density at radius 1 is 1.29 bits per heavy atom. The smallest absolute Gasteiger partial charge is 0.335 e. The number of benzene rings is 1. The number of anilines is 1. The second kappa shape index (κ2) is 5.98. The molecule has 8 heteroatoms. The lowest BCUT2D eigenvalue weighted by Gasteiger charge is -2.05. The zero-order chi connectivity index (χ0) is 15.5. The molecule has 2 aromatic rings. The summed E-state index contributed by atoms with van der Waals surface area (Å²) < 4.78 is 30.4. The van der Waals surface area contributed by atoms with Gasteiger partial charge in [-0.1, -0.05) is 6.07 Å². The van der Waals surface area contributed by atoms with Crippen molar-refractivity contribution in [3.63, 3.8) is 0 Å². The van der Waals surface area contributed by atoms with E-state index in [2.05, 4.69) is 10.0 Å². The van der Waals surface area contributed by atoms with Crippen LogP contribution in [-0.2, 0) is 16.6 Å². The van der Waals surface area contributed by atoms with Crippen molar-refractivity contribution in [1.82, 2.24) is 4.72 Å². The summed E-state index contributed by atoms with van der Waals surface area (Å²) in [6.45, 7) is 0.238. The molecule has 0 unspecified atom stereocenters. The van der Waals surface area contributed by atoms with E-state index in [-0.39, 0.29) is 17.2 Å². The number of sulfonamides is 1. The first-order valence-electron chi connectivity index (χ1n) is 6.02. The van der Waals surface area contributed by atoms with E-state index in [1.54, 1.807) is 12.1 Å². The van der Waals surface area contributed by atoms with Crippen LogP contribution < -0.4 is 10.0 Å². The van der Waals surface area contributed by atoms with Gasteiger partial charge in [0.25, 0.3) is 10.0 Å². The molecule has 0 fully saturated rings.